The Kier molecular flexibility index (Phi) is 8.56. The maximum absolute atomic E-state index is 13.8. The molecule has 0 fully saturated rings. The predicted octanol–water partition coefficient (Wildman–Crippen LogP) is 6.91. The lowest BCUT2D eigenvalue weighted by Crippen LogP contribution is -2.32. The average molecular weight is 522 g/mol. The van der Waals surface area contributed by atoms with Gasteiger partial charge in [0, 0.05) is 23.5 Å². The zero-order chi connectivity index (χ0) is 26.4. The van der Waals surface area contributed by atoms with E-state index < -0.39 is 11.7 Å². The highest BCUT2D eigenvalue weighted by Gasteiger charge is 2.22. The molecule has 0 saturated heterocycles. The van der Waals surface area contributed by atoms with Crippen LogP contribution in [0.2, 0.25) is 5.02 Å². The van der Waals surface area contributed by atoms with E-state index in [9.17, 15) is 14.0 Å². The lowest BCUT2D eigenvalue weighted by molar-refractivity contribution is 0.0985. The summed E-state index contributed by atoms with van der Waals surface area (Å²) in [5, 5.41) is 11.0. The Morgan fingerprint density at radius 2 is 1.78 bits per heavy atom. The lowest BCUT2D eigenvalue weighted by Gasteiger charge is -2.26. The van der Waals surface area contributed by atoms with Crippen LogP contribution in [0.25, 0.3) is 0 Å². The molecular weight excluding hydrogens is 493 g/mol. The molecular formula is C29H29ClFN3O3. The summed E-state index contributed by atoms with van der Waals surface area (Å²) in [6.45, 7) is 0.530. The molecule has 6 nitrogen and oxygen atoms in total. The first-order valence-corrected chi connectivity index (χ1v) is 12.7. The standard InChI is InChI=1S/C29H29ClFN3O3/c1-37-27-17-20(12-15-25(27)33-28(35)23-18-21(31)13-14-24(23)30)29(36)34-16-5-4-9-22(32)10-6-8-19-7-2-3-11-26(19)34/h2-3,7,11-15,17-18,32H,4-6,8-10,16H2,1H3,(H,33,35). The minimum absolute atomic E-state index is 0.00269. The van der Waals surface area contributed by atoms with Gasteiger partial charge in [0.25, 0.3) is 11.8 Å². The Hall–Kier alpha value is -3.71. The zero-order valence-electron chi connectivity index (χ0n) is 20.7. The number of nitrogens with one attached hydrogen (secondary N) is 2. The summed E-state index contributed by atoms with van der Waals surface area (Å²) in [5.41, 5.74) is 3.46. The molecule has 1 heterocycles. The number of nitrogens with zero attached hydrogens (tertiary/aromatic N) is 1. The van der Waals surface area contributed by atoms with Crippen molar-refractivity contribution >= 4 is 40.5 Å². The highest BCUT2D eigenvalue weighted by Crippen LogP contribution is 2.30. The van der Waals surface area contributed by atoms with Crippen LogP contribution in [0.3, 0.4) is 0 Å². The Labute approximate surface area is 220 Å². The van der Waals surface area contributed by atoms with Crippen LogP contribution in [0.1, 0.15) is 58.4 Å². The van der Waals surface area contributed by atoms with E-state index >= 15 is 0 Å². The first-order chi connectivity index (χ1) is 17.9. The van der Waals surface area contributed by atoms with Crippen molar-refractivity contribution in [1.82, 2.24) is 0 Å². The molecule has 8 heteroatoms. The fourth-order valence-electron chi connectivity index (χ4n) is 4.49. The van der Waals surface area contributed by atoms with Crippen molar-refractivity contribution < 1.29 is 18.7 Å². The molecule has 0 aromatic heterocycles. The van der Waals surface area contributed by atoms with Crippen LogP contribution in [0, 0.1) is 11.2 Å². The fraction of sp³-hybridized carbons (Fsp3) is 0.276. The highest BCUT2D eigenvalue weighted by molar-refractivity contribution is 6.34. The maximum atomic E-state index is 13.8. The number of para-hydroxylation sites is 1. The van der Waals surface area contributed by atoms with Gasteiger partial charge in [-0.25, -0.2) is 4.39 Å². The van der Waals surface area contributed by atoms with Crippen LogP contribution >= 0.6 is 11.6 Å². The van der Waals surface area contributed by atoms with Gasteiger partial charge in [-0.15, -0.1) is 0 Å². The van der Waals surface area contributed by atoms with Crippen molar-refractivity contribution in [1.29, 1.82) is 5.41 Å². The molecule has 0 atom stereocenters. The molecule has 0 spiro atoms. The fourth-order valence-corrected chi connectivity index (χ4v) is 4.69. The second kappa shape index (κ2) is 12.0. The molecule has 2 amide bonds. The number of hydrogen-bond acceptors (Lipinski definition) is 4. The summed E-state index contributed by atoms with van der Waals surface area (Å²) in [6, 6.07) is 16.3. The molecule has 0 aliphatic carbocycles. The first-order valence-electron chi connectivity index (χ1n) is 12.3. The summed E-state index contributed by atoms with van der Waals surface area (Å²) < 4.78 is 19.1. The topological polar surface area (TPSA) is 82.5 Å². The first kappa shape index (κ1) is 26.4. The Balaban J connectivity index is 1.61. The van der Waals surface area contributed by atoms with Crippen molar-refractivity contribution in [2.75, 3.05) is 23.9 Å². The number of methoxy groups -OCH3 is 1. The number of carbonyl (C=O) groups excluding carboxylic acids is 2. The van der Waals surface area contributed by atoms with Crippen LogP contribution in [0.4, 0.5) is 15.8 Å². The summed E-state index contributed by atoms with van der Waals surface area (Å²) in [6.07, 6.45) is 4.81. The summed E-state index contributed by atoms with van der Waals surface area (Å²) >= 11 is 6.07. The molecule has 2 N–H and O–H groups in total. The summed E-state index contributed by atoms with van der Waals surface area (Å²) in [5.74, 6) is -1.04. The van der Waals surface area contributed by atoms with Crippen molar-refractivity contribution in [3.05, 3.63) is 88.2 Å². The van der Waals surface area contributed by atoms with E-state index in [0.29, 0.717) is 23.5 Å². The largest absolute Gasteiger partial charge is 0.495 e. The highest BCUT2D eigenvalue weighted by atomic mass is 35.5. The van der Waals surface area contributed by atoms with Gasteiger partial charge in [0.05, 0.1) is 23.4 Å². The van der Waals surface area contributed by atoms with Crippen LogP contribution in [-0.4, -0.2) is 31.2 Å². The molecule has 0 radical (unpaired) electrons. The van der Waals surface area contributed by atoms with Gasteiger partial charge in [-0.3, -0.25) is 9.59 Å². The van der Waals surface area contributed by atoms with Gasteiger partial charge in [-0.1, -0.05) is 29.8 Å². The number of hydrogen-bond donors (Lipinski definition) is 2. The molecule has 192 valence electrons. The number of halogens is 2. The number of rotatable bonds is 4. The molecule has 0 saturated carbocycles. The average Bonchev–Trinajstić information content (AvgIpc) is 2.93. The number of aryl methyl sites for hydroxylation is 1. The third kappa shape index (κ3) is 6.35. The summed E-state index contributed by atoms with van der Waals surface area (Å²) in [4.78, 5) is 28.3. The van der Waals surface area contributed by atoms with Gasteiger partial charge in [0.2, 0.25) is 0 Å². The number of fused-ring (bicyclic) bond motifs is 1. The Morgan fingerprint density at radius 3 is 2.59 bits per heavy atom. The van der Waals surface area contributed by atoms with Gasteiger partial charge in [0.1, 0.15) is 11.6 Å². The molecule has 3 aromatic rings. The third-order valence-corrected chi connectivity index (χ3v) is 6.76. The van der Waals surface area contributed by atoms with Gasteiger partial charge in [-0.2, -0.15) is 0 Å². The molecule has 37 heavy (non-hydrogen) atoms. The van der Waals surface area contributed by atoms with Crippen LogP contribution in [-0.2, 0) is 6.42 Å². The quantitative estimate of drug-likeness (QED) is 0.391. The minimum atomic E-state index is -0.589. The lowest BCUT2D eigenvalue weighted by atomic mass is 10.0. The van der Waals surface area contributed by atoms with Gasteiger partial charge >= 0.3 is 0 Å². The van der Waals surface area contributed by atoms with E-state index in [2.05, 4.69) is 5.32 Å². The van der Waals surface area contributed by atoms with Crippen molar-refractivity contribution in [2.24, 2.45) is 0 Å². The van der Waals surface area contributed by atoms with Crippen molar-refractivity contribution in [2.45, 2.75) is 38.5 Å². The zero-order valence-corrected chi connectivity index (χ0v) is 21.4. The number of benzene rings is 3. The monoisotopic (exact) mass is 521 g/mol. The molecule has 4 rings (SSSR count). The van der Waals surface area contributed by atoms with Gasteiger partial charge in [0.15, 0.2) is 0 Å². The molecule has 0 unspecified atom stereocenters. The van der Waals surface area contributed by atoms with E-state index in [0.717, 1.165) is 61.6 Å². The smallest absolute Gasteiger partial charge is 0.258 e. The molecule has 3 aromatic carbocycles. The molecule has 1 aliphatic heterocycles. The predicted molar refractivity (Wildman–Crippen MR) is 145 cm³/mol. The van der Waals surface area contributed by atoms with Crippen molar-refractivity contribution in [3.8, 4) is 5.75 Å². The van der Waals surface area contributed by atoms with Crippen molar-refractivity contribution in [3.63, 3.8) is 0 Å². The van der Waals surface area contributed by atoms with Gasteiger partial charge in [-0.05, 0) is 86.6 Å². The minimum Gasteiger partial charge on any atom is -0.495 e. The Bertz CT molecular complexity index is 1330. The second-order valence-corrected chi connectivity index (χ2v) is 9.40. The van der Waals surface area contributed by atoms with Crippen LogP contribution < -0.4 is 15.0 Å². The number of anilines is 2. The second-order valence-electron chi connectivity index (χ2n) is 8.99. The van der Waals surface area contributed by atoms with E-state index in [-0.39, 0.29) is 16.5 Å². The molecule has 1 aliphatic rings. The number of amides is 2. The number of ether oxygens (including phenoxy) is 1. The van der Waals surface area contributed by atoms with Gasteiger partial charge < -0.3 is 20.4 Å². The van der Waals surface area contributed by atoms with E-state index in [1.54, 1.807) is 23.1 Å². The normalized spacial score (nSPS) is 14.4. The van der Waals surface area contributed by atoms with Crippen LogP contribution in [0.5, 0.6) is 5.75 Å². The van der Waals surface area contributed by atoms with E-state index in [1.165, 1.54) is 19.2 Å². The maximum Gasteiger partial charge on any atom is 0.258 e. The molecule has 0 bridgehead atoms. The third-order valence-electron chi connectivity index (χ3n) is 6.43. The summed E-state index contributed by atoms with van der Waals surface area (Å²) in [7, 11) is 1.45. The Morgan fingerprint density at radius 1 is 1.00 bits per heavy atom. The van der Waals surface area contributed by atoms with E-state index in [1.807, 2.05) is 24.3 Å². The van der Waals surface area contributed by atoms with E-state index in [4.69, 9.17) is 21.7 Å². The number of carbonyl (C=O) groups is 2. The van der Waals surface area contributed by atoms with Crippen LogP contribution in [0.15, 0.2) is 60.7 Å². The SMILES string of the molecule is COc1cc(C(=O)N2CCCCC(=N)CCCc3ccccc32)ccc1NC(=O)c1cc(F)ccc1Cl.